The number of methoxy groups -OCH3 is 1. The minimum Gasteiger partial charge on any atom is -0.493 e. The summed E-state index contributed by atoms with van der Waals surface area (Å²) in [7, 11) is 1.63. The first-order chi connectivity index (χ1) is 12.7. The lowest BCUT2D eigenvalue weighted by Gasteiger charge is -2.20. The molecule has 0 aliphatic heterocycles. The quantitative estimate of drug-likeness (QED) is 0.755. The van der Waals surface area contributed by atoms with E-state index in [0.29, 0.717) is 12.3 Å². The standard InChI is InChI=1S/C21H26N2O3.ClH/c1-25-18-13-7-10-16(20(18)26-17-11-5-6-12-17)14-23-21(24)19(22)15-8-3-2-4-9-15;/h2-4,7-10,13,17,19H,5-6,11-12,14,22H2,1H3,(H,23,24);1H. The SMILES string of the molecule is COc1cccc(CNC(=O)C(N)c2ccccc2)c1OC1CCCC1.Cl. The van der Waals surface area contributed by atoms with Gasteiger partial charge < -0.3 is 20.5 Å². The number of benzene rings is 2. The van der Waals surface area contributed by atoms with Gasteiger partial charge in [0.1, 0.15) is 6.04 Å². The fraction of sp³-hybridized carbons (Fsp3) is 0.381. The lowest BCUT2D eigenvalue weighted by atomic mass is 10.1. The fourth-order valence-electron chi connectivity index (χ4n) is 3.27. The number of carbonyl (C=O) groups excluding carboxylic acids is 1. The van der Waals surface area contributed by atoms with E-state index >= 15 is 0 Å². The Kier molecular flexibility index (Phi) is 7.95. The number of para-hydroxylation sites is 1. The van der Waals surface area contributed by atoms with Crippen molar-refractivity contribution in [3.8, 4) is 11.5 Å². The number of hydrogen-bond acceptors (Lipinski definition) is 4. The van der Waals surface area contributed by atoms with E-state index in [4.69, 9.17) is 15.2 Å². The molecule has 6 heteroatoms. The Hall–Kier alpha value is -2.24. The Morgan fingerprint density at radius 2 is 1.85 bits per heavy atom. The molecule has 0 bridgehead atoms. The van der Waals surface area contributed by atoms with Crippen LogP contribution in [0.5, 0.6) is 11.5 Å². The predicted octanol–water partition coefficient (Wildman–Crippen LogP) is 3.75. The van der Waals surface area contributed by atoms with E-state index in [1.165, 1.54) is 12.8 Å². The van der Waals surface area contributed by atoms with Crippen LogP contribution in [0.2, 0.25) is 0 Å². The summed E-state index contributed by atoms with van der Waals surface area (Å²) >= 11 is 0. The summed E-state index contributed by atoms with van der Waals surface area (Å²) in [5.41, 5.74) is 7.74. The van der Waals surface area contributed by atoms with E-state index in [1.807, 2.05) is 48.5 Å². The van der Waals surface area contributed by atoms with Crippen molar-refractivity contribution in [3.63, 3.8) is 0 Å². The molecule has 5 nitrogen and oxygen atoms in total. The van der Waals surface area contributed by atoms with Gasteiger partial charge in [0.05, 0.1) is 13.2 Å². The molecule has 2 aromatic rings. The van der Waals surface area contributed by atoms with Gasteiger partial charge in [0.15, 0.2) is 11.5 Å². The van der Waals surface area contributed by atoms with Crippen molar-refractivity contribution in [3.05, 3.63) is 59.7 Å². The van der Waals surface area contributed by atoms with Gasteiger partial charge in [-0.3, -0.25) is 4.79 Å². The monoisotopic (exact) mass is 390 g/mol. The van der Waals surface area contributed by atoms with Crippen LogP contribution in [0.1, 0.15) is 42.9 Å². The molecule has 1 amide bonds. The molecule has 3 N–H and O–H groups in total. The predicted molar refractivity (Wildman–Crippen MR) is 108 cm³/mol. The summed E-state index contributed by atoms with van der Waals surface area (Å²) in [5.74, 6) is 1.19. The van der Waals surface area contributed by atoms with Gasteiger partial charge in [-0.25, -0.2) is 0 Å². The minimum atomic E-state index is -0.694. The van der Waals surface area contributed by atoms with Crippen LogP contribution in [0.15, 0.2) is 48.5 Å². The second-order valence-electron chi connectivity index (χ2n) is 6.58. The molecule has 0 aromatic heterocycles. The third-order valence-corrected chi connectivity index (χ3v) is 4.76. The van der Waals surface area contributed by atoms with Crippen molar-refractivity contribution in [1.82, 2.24) is 5.32 Å². The molecule has 1 aliphatic carbocycles. The van der Waals surface area contributed by atoms with Crippen LogP contribution in [0.3, 0.4) is 0 Å². The third kappa shape index (κ3) is 5.37. The van der Waals surface area contributed by atoms with E-state index in [9.17, 15) is 4.79 Å². The Labute approximate surface area is 166 Å². The normalized spacial score (nSPS) is 14.9. The summed E-state index contributed by atoms with van der Waals surface area (Å²) in [4.78, 5) is 12.4. The summed E-state index contributed by atoms with van der Waals surface area (Å²) in [6.45, 7) is 0.346. The van der Waals surface area contributed by atoms with Crippen molar-refractivity contribution in [2.24, 2.45) is 5.73 Å². The molecule has 0 heterocycles. The van der Waals surface area contributed by atoms with E-state index in [-0.39, 0.29) is 24.4 Å². The largest absolute Gasteiger partial charge is 0.493 e. The maximum Gasteiger partial charge on any atom is 0.241 e. The van der Waals surface area contributed by atoms with Crippen LogP contribution in [0.25, 0.3) is 0 Å². The molecule has 2 aromatic carbocycles. The van der Waals surface area contributed by atoms with Gasteiger partial charge in [-0.1, -0.05) is 42.5 Å². The zero-order chi connectivity index (χ0) is 18.4. The first kappa shape index (κ1) is 21.1. The van der Waals surface area contributed by atoms with Crippen LogP contribution >= 0.6 is 12.4 Å². The number of carbonyl (C=O) groups is 1. The van der Waals surface area contributed by atoms with Gasteiger partial charge in [0, 0.05) is 12.1 Å². The topological polar surface area (TPSA) is 73.6 Å². The number of ether oxygens (including phenoxy) is 2. The highest BCUT2D eigenvalue weighted by Crippen LogP contribution is 2.34. The van der Waals surface area contributed by atoms with Crippen LogP contribution in [0.4, 0.5) is 0 Å². The van der Waals surface area contributed by atoms with Crippen molar-refractivity contribution >= 4 is 18.3 Å². The number of rotatable bonds is 7. The van der Waals surface area contributed by atoms with Crippen molar-refractivity contribution < 1.29 is 14.3 Å². The summed E-state index contributed by atoms with van der Waals surface area (Å²) in [6.07, 6.45) is 4.72. The lowest BCUT2D eigenvalue weighted by molar-refractivity contribution is -0.122. The van der Waals surface area contributed by atoms with Crippen LogP contribution in [-0.2, 0) is 11.3 Å². The summed E-state index contributed by atoms with van der Waals surface area (Å²) in [6, 6.07) is 14.4. The Morgan fingerprint density at radius 1 is 1.15 bits per heavy atom. The highest BCUT2D eigenvalue weighted by atomic mass is 35.5. The number of nitrogens with two attached hydrogens (primary N) is 1. The second-order valence-corrected chi connectivity index (χ2v) is 6.58. The highest BCUT2D eigenvalue weighted by molar-refractivity contribution is 5.85. The van der Waals surface area contributed by atoms with Crippen molar-refractivity contribution in [2.45, 2.75) is 44.4 Å². The molecule has 1 fully saturated rings. The van der Waals surface area contributed by atoms with Gasteiger partial charge in [-0.05, 0) is 37.3 Å². The van der Waals surface area contributed by atoms with Gasteiger partial charge in [0.25, 0.3) is 0 Å². The average Bonchev–Trinajstić information content (AvgIpc) is 3.20. The number of amides is 1. The van der Waals surface area contributed by atoms with Gasteiger partial charge in [-0.15, -0.1) is 12.4 Å². The maximum absolute atomic E-state index is 12.4. The van der Waals surface area contributed by atoms with E-state index < -0.39 is 6.04 Å². The van der Waals surface area contributed by atoms with E-state index in [2.05, 4.69) is 5.32 Å². The highest BCUT2D eigenvalue weighted by Gasteiger charge is 2.21. The first-order valence-electron chi connectivity index (χ1n) is 9.10. The van der Waals surface area contributed by atoms with Gasteiger partial charge >= 0.3 is 0 Å². The number of halogens is 1. The zero-order valence-electron chi connectivity index (χ0n) is 15.5. The summed E-state index contributed by atoms with van der Waals surface area (Å²) < 4.78 is 11.7. The Morgan fingerprint density at radius 3 is 2.52 bits per heavy atom. The second kappa shape index (κ2) is 10.2. The molecule has 3 rings (SSSR count). The molecular weight excluding hydrogens is 364 g/mol. The Bertz CT molecular complexity index is 733. The lowest BCUT2D eigenvalue weighted by Crippen LogP contribution is -2.33. The molecule has 0 saturated heterocycles. The van der Waals surface area contributed by atoms with Crippen LogP contribution < -0.4 is 20.5 Å². The first-order valence-corrected chi connectivity index (χ1v) is 9.10. The van der Waals surface area contributed by atoms with E-state index in [0.717, 1.165) is 29.7 Å². The molecule has 1 unspecified atom stereocenters. The smallest absolute Gasteiger partial charge is 0.241 e. The maximum atomic E-state index is 12.4. The third-order valence-electron chi connectivity index (χ3n) is 4.76. The van der Waals surface area contributed by atoms with Gasteiger partial charge in [0.2, 0.25) is 5.91 Å². The Balaban J connectivity index is 0.00000261. The molecule has 1 saturated carbocycles. The molecule has 1 atom stereocenters. The summed E-state index contributed by atoms with van der Waals surface area (Å²) in [5, 5.41) is 2.91. The molecule has 0 radical (unpaired) electrons. The fourth-order valence-corrected chi connectivity index (χ4v) is 3.27. The molecule has 0 spiro atoms. The van der Waals surface area contributed by atoms with Gasteiger partial charge in [-0.2, -0.15) is 0 Å². The average molecular weight is 391 g/mol. The molecule has 27 heavy (non-hydrogen) atoms. The van der Waals surface area contributed by atoms with Crippen molar-refractivity contribution in [2.75, 3.05) is 7.11 Å². The molecule has 1 aliphatic rings. The van der Waals surface area contributed by atoms with Crippen LogP contribution in [0, 0.1) is 0 Å². The minimum absolute atomic E-state index is 0. The van der Waals surface area contributed by atoms with E-state index in [1.54, 1.807) is 7.11 Å². The molecular formula is C21H27ClN2O3. The van der Waals surface area contributed by atoms with Crippen molar-refractivity contribution in [1.29, 1.82) is 0 Å². The number of nitrogens with one attached hydrogen (secondary N) is 1. The zero-order valence-corrected chi connectivity index (χ0v) is 16.3. The van der Waals surface area contributed by atoms with Crippen LogP contribution in [-0.4, -0.2) is 19.1 Å². The number of hydrogen-bond donors (Lipinski definition) is 2. The molecule has 146 valence electrons.